The van der Waals surface area contributed by atoms with Crippen LogP contribution in [0.1, 0.15) is 12.5 Å². The van der Waals surface area contributed by atoms with Gasteiger partial charge in [0.25, 0.3) is 0 Å². The Balaban J connectivity index is 2.46. The van der Waals surface area contributed by atoms with E-state index in [-0.39, 0.29) is 5.84 Å². The van der Waals surface area contributed by atoms with E-state index in [1.807, 2.05) is 43.1 Å². The molecule has 18 heavy (non-hydrogen) atoms. The molecule has 2 aromatic rings. The molecule has 1 aromatic heterocycles. The van der Waals surface area contributed by atoms with Crippen molar-refractivity contribution in [2.75, 3.05) is 11.9 Å². The summed E-state index contributed by atoms with van der Waals surface area (Å²) in [5.74, 6) is 0.916. The molecule has 0 saturated heterocycles. The van der Waals surface area contributed by atoms with Gasteiger partial charge in [0, 0.05) is 19.2 Å². The number of nitrogens with one attached hydrogen (secondary N) is 1. The third kappa shape index (κ3) is 2.04. The first-order chi connectivity index (χ1) is 8.65. The Bertz CT molecular complexity index is 559. The number of para-hydroxylation sites is 1. The standard InChI is InChI=1S/C12H16N6/c1-3-18-11(8-15-16-18)17(2)10-7-5-4-6-9(10)12(13)14/h4-8H,3H2,1-2H3,(H3,13,14). The quantitative estimate of drug-likeness (QED) is 0.628. The Morgan fingerprint density at radius 2 is 2.17 bits per heavy atom. The lowest BCUT2D eigenvalue weighted by molar-refractivity contribution is 0.626. The summed E-state index contributed by atoms with van der Waals surface area (Å²) in [6, 6.07) is 7.53. The van der Waals surface area contributed by atoms with Crippen LogP contribution in [0.5, 0.6) is 0 Å². The van der Waals surface area contributed by atoms with Gasteiger partial charge in [0.2, 0.25) is 0 Å². The van der Waals surface area contributed by atoms with Gasteiger partial charge in [-0.15, -0.1) is 5.10 Å². The molecule has 0 aliphatic carbocycles. The Kier molecular flexibility index (Phi) is 3.27. The van der Waals surface area contributed by atoms with Gasteiger partial charge in [-0.1, -0.05) is 17.3 Å². The SMILES string of the molecule is CCn1nncc1N(C)c1ccccc1C(=N)N. The minimum absolute atomic E-state index is 0.0490. The summed E-state index contributed by atoms with van der Waals surface area (Å²) >= 11 is 0. The van der Waals surface area contributed by atoms with Crippen LogP contribution >= 0.6 is 0 Å². The van der Waals surface area contributed by atoms with Crippen molar-refractivity contribution in [2.24, 2.45) is 5.73 Å². The number of hydrogen-bond donors (Lipinski definition) is 2. The fourth-order valence-electron chi connectivity index (χ4n) is 1.85. The largest absolute Gasteiger partial charge is 0.384 e. The second-order valence-corrected chi connectivity index (χ2v) is 3.90. The van der Waals surface area contributed by atoms with E-state index >= 15 is 0 Å². The predicted octanol–water partition coefficient (Wildman–Crippen LogP) is 1.35. The molecule has 0 amide bonds. The molecule has 0 unspecified atom stereocenters. The highest BCUT2D eigenvalue weighted by Crippen LogP contribution is 2.25. The van der Waals surface area contributed by atoms with Gasteiger partial charge in [-0.3, -0.25) is 5.41 Å². The summed E-state index contributed by atoms with van der Waals surface area (Å²) in [7, 11) is 1.91. The summed E-state index contributed by atoms with van der Waals surface area (Å²) in [6.07, 6.45) is 1.69. The van der Waals surface area contributed by atoms with Gasteiger partial charge >= 0.3 is 0 Å². The first kappa shape index (κ1) is 12.1. The zero-order valence-electron chi connectivity index (χ0n) is 10.5. The first-order valence-electron chi connectivity index (χ1n) is 5.70. The normalized spacial score (nSPS) is 10.3. The molecule has 0 fully saturated rings. The van der Waals surface area contributed by atoms with E-state index < -0.39 is 0 Å². The van der Waals surface area contributed by atoms with Crippen LogP contribution < -0.4 is 10.6 Å². The van der Waals surface area contributed by atoms with Crippen LogP contribution in [-0.2, 0) is 6.54 Å². The lowest BCUT2D eigenvalue weighted by atomic mass is 10.1. The van der Waals surface area contributed by atoms with Crippen LogP contribution in [0.15, 0.2) is 30.5 Å². The lowest BCUT2D eigenvalue weighted by Crippen LogP contribution is -2.20. The summed E-state index contributed by atoms with van der Waals surface area (Å²) in [4.78, 5) is 1.93. The van der Waals surface area contributed by atoms with Crippen molar-refractivity contribution in [3.63, 3.8) is 0 Å². The first-order valence-corrected chi connectivity index (χ1v) is 5.70. The number of rotatable bonds is 4. The minimum Gasteiger partial charge on any atom is -0.384 e. The lowest BCUT2D eigenvalue weighted by Gasteiger charge is -2.21. The molecule has 0 spiro atoms. The molecule has 6 nitrogen and oxygen atoms in total. The second-order valence-electron chi connectivity index (χ2n) is 3.90. The smallest absolute Gasteiger partial charge is 0.151 e. The predicted molar refractivity (Wildman–Crippen MR) is 71.2 cm³/mol. The number of nitrogens with zero attached hydrogens (tertiary/aromatic N) is 4. The third-order valence-electron chi connectivity index (χ3n) is 2.80. The minimum atomic E-state index is 0.0490. The molecule has 0 bridgehead atoms. The van der Waals surface area contributed by atoms with Gasteiger partial charge in [-0.05, 0) is 19.1 Å². The van der Waals surface area contributed by atoms with Gasteiger partial charge in [0.05, 0.1) is 11.9 Å². The Morgan fingerprint density at radius 1 is 1.44 bits per heavy atom. The molecule has 94 valence electrons. The second kappa shape index (κ2) is 4.87. The molecule has 1 aromatic carbocycles. The van der Waals surface area contributed by atoms with Gasteiger partial charge in [-0.25, -0.2) is 4.68 Å². The maximum absolute atomic E-state index is 7.61. The van der Waals surface area contributed by atoms with E-state index in [0.29, 0.717) is 5.56 Å². The zero-order chi connectivity index (χ0) is 13.1. The number of aryl methyl sites for hydroxylation is 1. The van der Waals surface area contributed by atoms with Gasteiger partial charge in [0.15, 0.2) is 5.82 Å². The maximum Gasteiger partial charge on any atom is 0.151 e. The zero-order valence-corrected chi connectivity index (χ0v) is 10.5. The van der Waals surface area contributed by atoms with Crippen LogP contribution in [0.25, 0.3) is 0 Å². The molecule has 6 heteroatoms. The van der Waals surface area contributed by atoms with Gasteiger partial charge in [0.1, 0.15) is 5.84 Å². The third-order valence-corrected chi connectivity index (χ3v) is 2.80. The summed E-state index contributed by atoms with van der Waals surface area (Å²) in [6.45, 7) is 2.74. The fourth-order valence-corrected chi connectivity index (χ4v) is 1.85. The molecular weight excluding hydrogens is 228 g/mol. The van der Waals surface area contributed by atoms with Crippen molar-refractivity contribution >= 4 is 17.3 Å². The summed E-state index contributed by atoms with van der Waals surface area (Å²) < 4.78 is 1.79. The van der Waals surface area contributed by atoms with E-state index in [1.165, 1.54) is 0 Å². The highest BCUT2D eigenvalue weighted by molar-refractivity contribution is 6.01. The molecule has 3 N–H and O–H groups in total. The summed E-state index contributed by atoms with van der Waals surface area (Å²) in [5.41, 5.74) is 7.16. The van der Waals surface area contributed by atoms with Crippen molar-refractivity contribution in [1.29, 1.82) is 5.41 Å². The van der Waals surface area contributed by atoms with Gasteiger partial charge in [-0.2, -0.15) is 0 Å². The molecular formula is C12H16N6. The van der Waals surface area contributed by atoms with Crippen molar-refractivity contribution in [3.05, 3.63) is 36.0 Å². The highest BCUT2D eigenvalue weighted by Gasteiger charge is 2.14. The van der Waals surface area contributed by atoms with Crippen molar-refractivity contribution in [1.82, 2.24) is 15.0 Å². The number of benzene rings is 1. The fraction of sp³-hybridized carbons (Fsp3) is 0.250. The molecule has 0 radical (unpaired) electrons. The summed E-state index contributed by atoms with van der Waals surface area (Å²) in [5, 5.41) is 15.5. The average Bonchev–Trinajstić information content (AvgIpc) is 2.86. The van der Waals surface area contributed by atoms with Crippen molar-refractivity contribution < 1.29 is 0 Å². The number of amidine groups is 1. The van der Waals surface area contributed by atoms with E-state index in [1.54, 1.807) is 10.9 Å². The van der Waals surface area contributed by atoms with Crippen LogP contribution in [0, 0.1) is 5.41 Å². The van der Waals surface area contributed by atoms with Gasteiger partial charge < -0.3 is 10.6 Å². The number of anilines is 2. The monoisotopic (exact) mass is 244 g/mol. The molecule has 0 atom stereocenters. The molecule has 2 rings (SSSR count). The molecule has 1 heterocycles. The van der Waals surface area contributed by atoms with Crippen LogP contribution in [0.4, 0.5) is 11.5 Å². The van der Waals surface area contributed by atoms with Crippen LogP contribution in [-0.4, -0.2) is 27.9 Å². The maximum atomic E-state index is 7.61. The van der Waals surface area contributed by atoms with Crippen molar-refractivity contribution in [3.8, 4) is 0 Å². The number of nitrogen functional groups attached to an aromatic ring is 1. The van der Waals surface area contributed by atoms with E-state index in [2.05, 4.69) is 10.3 Å². The van der Waals surface area contributed by atoms with Crippen LogP contribution in [0.3, 0.4) is 0 Å². The van der Waals surface area contributed by atoms with Crippen LogP contribution in [0.2, 0.25) is 0 Å². The average molecular weight is 244 g/mol. The van der Waals surface area contributed by atoms with E-state index in [9.17, 15) is 0 Å². The molecule has 0 saturated carbocycles. The van der Waals surface area contributed by atoms with Crippen molar-refractivity contribution in [2.45, 2.75) is 13.5 Å². The number of hydrogen-bond acceptors (Lipinski definition) is 4. The molecule has 0 aliphatic rings. The number of aromatic nitrogens is 3. The van der Waals surface area contributed by atoms with E-state index in [4.69, 9.17) is 11.1 Å². The Morgan fingerprint density at radius 3 is 2.83 bits per heavy atom. The highest BCUT2D eigenvalue weighted by atomic mass is 15.5. The number of nitrogens with two attached hydrogens (primary N) is 1. The Hall–Kier alpha value is -2.37. The topological polar surface area (TPSA) is 83.8 Å². The van der Waals surface area contributed by atoms with E-state index in [0.717, 1.165) is 18.1 Å². The molecule has 0 aliphatic heterocycles. The Labute approximate surface area is 106 Å².